The Hall–Kier alpha value is -0.190. The zero-order valence-electron chi connectivity index (χ0n) is 11.5. The van der Waals surface area contributed by atoms with Crippen LogP contribution in [0.15, 0.2) is 6.07 Å². The van der Waals surface area contributed by atoms with Gasteiger partial charge in [-0.05, 0) is 51.2 Å². The summed E-state index contributed by atoms with van der Waals surface area (Å²) in [6, 6.07) is 3.07. The van der Waals surface area contributed by atoms with E-state index >= 15 is 0 Å². The van der Waals surface area contributed by atoms with Gasteiger partial charge < -0.3 is 5.32 Å². The molecule has 3 atom stereocenters. The lowest BCUT2D eigenvalue weighted by Crippen LogP contribution is -2.32. The molecule has 0 fully saturated rings. The molecule has 0 radical (unpaired) electrons. The smallest absolute Gasteiger partial charge is 0.0388 e. The Bertz CT molecular complexity index is 404. The van der Waals surface area contributed by atoms with Crippen molar-refractivity contribution < 1.29 is 4.21 Å². The molecule has 0 spiro atoms. The van der Waals surface area contributed by atoms with Crippen molar-refractivity contribution in [1.29, 1.82) is 0 Å². The minimum Gasteiger partial charge on any atom is -0.306 e. The summed E-state index contributed by atoms with van der Waals surface area (Å²) in [6.45, 7) is 4.33. The molecule has 0 saturated carbocycles. The van der Waals surface area contributed by atoms with Crippen molar-refractivity contribution >= 4 is 22.1 Å². The Balaban J connectivity index is 1.98. The molecule has 4 heteroatoms. The van der Waals surface area contributed by atoms with Crippen LogP contribution >= 0.6 is 11.3 Å². The summed E-state index contributed by atoms with van der Waals surface area (Å²) < 4.78 is 11.2. The summed E-state index contributed by atoms with van der Waals surface area (Å²) in [4.78, 5) is 3.03. The van der Waals surface area contributed by atoms with E-state index in [-0.39, 0.29) is 0 Å². The van der Waals surface area contributed by atoms with Crippen LogP contribution in [-0.4, -0.2) is 22.3 Å². The molecule has 0 aromatic carbocycles. The molecule has 102 valence electrons. The molecule has 0 aliphatic heterocycles. The highest BCUT2D eigenvalue weighted by atomic mass is 32.2. The van der Waals surface area contributed by atoms with Crippen molar-refractivity contribution in [2.45, 2.75) is 51.6 Å². The first-order valence-electron chi connectivity index (χ1n) is 6.74. The fourth-order valence-corrected chi connectivity index (χ4v) is 4.71. The molecule has 2 nitrogen and oxygen atoms in total. The average molecular weight is 285 g/mol. The number of hydrogen-bond donors (Lipinski definition) is 1. The van der Waals surface area contributed by atoms with Crippen LogP contribution < -0.4 is 5.32 Å². The molecule has 1 aliphatic carbocycles. The Morgan fingerprint density at radius 2 is 2.11 bits per heavy atom. The van der Waals surface area contributed by atoms with E-state index in [0.29, 0.717) is 12.1 Å². The van der Waals surface area contributed by atoms with Gasteiger partial charge >= 0.3 is 0 Å². The zero-order chi connectivity index (χ0) is 13.1. The third-order valence-corrected chi connectivity index (χ3v) is 5.85. The summed E-state index contributed by atoms with van der Waals surface area (Å²) >= 11 is 1.97. The van der Waals surface area contributed by atoms with E-state index in [2.05, 4.69) is 25.2 Å². The second kappa shape index (κ2) is 6.31. The first-order valence-corrected chi connectivity index (χ1v) is 9.28. The minimum absolute atomic E-state index is 0.310. The van der Waals surface area contributed by atoms with Gasteiger partial charge in [0.1, 0.15) is 0 Å². The van der Waals surface area contributed by atoms with Gasteiger partial charge in [0, 0.05) is 44.6 Å². The maximum absolute atomic E-state index is 11.2. The Kier molecular flexibility index (Phi) is 4.98. The van der Waals surface area contributed by atoms with Crippen LogP contribution in [0.2, 0.25) is 0 Å². The van der Waals surface area contributed by atoms with Gasteiger partial charge in [0.15, 0.2) is 0 Å². The highest BCUT2D eigenvalue weighted by molar-refractivity contribution is 7.84. The Morgan fingerprint density at radius 1 is 1.39 bits per heavy atom. The van der Waals surface area contributed by atoms with Crippen molar-refractivity contribution in [1.82, 2.24) is 5.32 Å². The van der Waals surface area contributed by atoms with Gasteiger partial charge in [-0.3, -0.25) is 4.21 Å². The monoisotopic (exact) mass is 285 g/mol. The van der Waals surface area contributed by atoms with Crippen molar-refractivity contribution in [2.24, 2.45) is 0 Å². The molecular weight excluding hydrogens is 262 g/mol. The van der Waals surface area contributed by atoms with E-state index in [1.807, 2.05) is 11.3 Å². The number of nitrogens with one attached hydrogen (secondary N) is 1. The van der Waals surface area contributed by atoms with Gasteiger partial charge in [0.25, 0.3) is 0 Å². The molecule has 0 bridgehead atoms. The van der Waals surface area contributed by atoms with Crippen LogP contribution in [0.4, 0.5) is 0 Å². The molecule has 0 saturated heterocycles. The van der Waals surface area contributed by atoms with Gasteiger partial charge in [-0.25, -0.2) is 0 Å². The van der Waals surface area contributed by atoms with Crippen LogP contribution in [0.5, 0.6) is 0 Å². The van der Waals surface area contributed by atoms with Crippen molar-refractivity contribution in [3.8, 4) is 0 Å². The van der Waals surface area contributed by atoms with Crippen molar-refractivity contribution in [3.05, 3.63) is 21.4 Å². The van der Waals surface area contributed by atoms with E-state index in [1.54, 1.807) is 16.7 Å². The standard InChI is InChI=1S/C14H23NOS2/c1-10(9-18(3)16)15-11(2)14-8-12-6-4-5-7-13(12)17-14/h8,10-11,15H,4-7,9H2,1-3H3. The fraction of sp³-hybridized carbons (Fsp3) is 0.714. The van der Waals surface area contributed by atoms with Crippen LogP contribution in [0.1, 0.15) is 48.0 Å². The molecule has 0 amide bonds. The van der Waals surface area contributed by atoms with Gasteiger partial charge in [0.2, 0.25) is 0 Å². The van der Waals surface area contributed by atoms with Crippen LogP contribution in [0.25, 0.3) is 0 Å². The predicted octanol–water partition coefficient (Wildman–Crippen LogP) is 3.04. The summed E-state index contributed by atoms with van der Waals surface area (Å²) in [5.74, 6) is 0.732. The second-order valence-electron chi connectivity index (χ2n) is 5.33. The summed E-state index contributed by atoms with van der Waals surface area (Å²) in [6.07, 6.45) is 6.98. The lowest BCUT2D eigenvalue weighted by atomic mass is 9.99. The lowest BCUT2D eigenvalue weighted by Gasteiger charge is -2.18. The van der Waals surface area contributed by atoms with E-state index in [1.165, 1.54) is 30.6 Å². The Morgan fingerprint density at radius 3 is 2.78 bits per heavy atom. The molecular formula is C14H23NOS2. The van der Waals surface area contributed by atoms with Gasteiger partial charge in [0.05, 0.1) is 0 Å². The second-order valence-corrected chi connectivity index (χ2v) is 7.98. The average Bonchev–Trinajstić information content (AvgIpc) is 2.71. The van der Waals surface area contributed by atoms with Gasteiger partial charge in [-0.15, -0.1) is 11.3 Å². The summed E-state index contributed by atoms with van der Waals surface area (Å²) in [7, 11) is -0.720. The molecule has 1 aliphatic rings. The Labute approximate surface area is 117 Å². The van der Waals surface area contributed by atoms with E-state index in [4.69, 9.17) is 0 Å². The zero-order valence-corrected chi connectivity index (χ0v) is 13.1. The number of rotatable bonds is 5. The van der Waals surface area contributed by atoms with E-state index in [9.17, 15) is 4.21 Å². The number of thiophene rings is 1. The quantitative estimate of drug-likeness (QED) is 0.901. The van der Waals surface area contributed by atoms with E-state index < -0.39 is 10.8 Å². The van der Waals surface area contributed by atoms with E-state index in [0.717, 1.165) is 5.75 Å². The molecule has 1 heterocycles. The highest BCUT2D eigenvalue weighted by Gasteiger charge is 2.17. The molecule has 1 N–H and O–H groups in total. The summed E-state index contributed by atoms with van der Waals surface area (Å²) in [5, 5.41) is 3.55. The molecule has 2 rings (SSSR count). The topological polar surface area (TPSA) is 29.1 Å². The highest BCUT2D eigenvalue weighted by Crippen LogP contribution is 2.32. The SMILES string of the molecule is CC(CS(C)=O)NC(C)c1cc2c(s1)CCCC2. The molecule has 1 aromatic heterocycles. The van der Waals surface area contributed by atoms with Crippen LogP contribution in [0.3, 0.4) is 0 Å². The lowest BCUT2D eigenvalue weighted by molar-refractivity contribution is 0.513. The normalized spacial score (nSPS) is 20.2. The molecule has 3 unspecified atom stereocenters. The first-order chi connectivity index (χ1) is 8.56. The van der Waals surface area contributed by atoms with Crippen LogP contribution in [0, 0.1) is 0 Å². The van der Waals surface area contributed by atoms with Crippen LogP contribution in [-0.2, 0) is 23.6 Å². The molecule has 1 aromatic rings. The maximum atomic E-state index is 11.2. The fourth-order valence-electron chi connectivity index (χ4n) is 2.64. The predicted molar refractivity (Wildman–Crippen MR) is 80.9 cm³/mol. The minimum atomic E-state index is -0.720. The maximum Gasteiger partial charge on any atom is 0.0388 e. The third-order valence-electron chi connectivity index (χ3n) is 3.46. The first kappa shape index (κ1) is 14.2. The number of fused-ring (bicyclic) bond motifs is 1. The van der Waals surface area contributed by atoms with Gasteiger partial charge in [-0.1, -0.05) is 0 Å². The van der Waals surface area contributed by atoms with Crippen molar-refractivity contribution in [2.75, 3.05) is 12.0 Å². The molecule has 18 heavy (non-hydrogen) atoms. The summed E-state index contributed by atoms with van der Waals surface area (Å²) in [5.41, 5.74) is 1.57. The van der Waals surface area contributed by atoms with Gasteiger partial charge in [-0.2, -0.15) is 0 Å². The van der Waals surface area contributed by atoms with Crippen molar-refractivity contribution in [3.63, 3.8) is 0 Å². The number of hydrogen-bond acceptors (Lipinski definition) is 3. The number of aryl methyl sites for hydroxylation is 2. The third kappa shape index (κ3) is 3.65. The largest absolute Gasteiger partial charge is 0.306 e.